The Morgan fingerprint density at radius 2 is 1.15 bits per heavy atom. The summed E-state index contributed by atoms with van der Waals surface area (Å²) in [5, 5.41) is 0. The van der Waals surface area contributed by atoms with Gasteiger partial charge in [-0.05, 0) is 45.6 Å². The van der Waals surface area contributed by atoms with E-state index in [1.807, 2.05) is 0 Å². The second-order valence-electron chi connectivity index (χ2n) is 12.5. The van der Waals surface area contributed by atoms with E-state index in [1.54, 1.807) is 0 Å². The second kappa shape index (κ2) is 9.59. The second-order valence-corrected chi connectivity index (χ2v) is 12.5. The van der Waals surface area contributed by atoms with E-state index in [-0.39, 0.29) is 16.2 Å². The number of rotatable bonds is 3. The van der Waals surface area contributed by atoms with Crippen molar-refractivity contribution in [2.24, 2.45) is 16.6 Å². The van der Waals surface area contributed by atoms with Crippen LogP contribution in [0.5, 0.6) is 0 Å². The zero-order chi connectivity index (χ0) is 21.7. The lowest BCUT2D eigenvalue weighted by Gasteiger charge is -2.28. The molecule has 0 aliphatic rings. The van der Waals surface area contributed by atoms with Crippen LogP contribution in [0, 0.1) is 10.8 Å². The highest BCUT2D eigenvalue weighted by Gasteiger charge is 2.21. The van der Waals surface area contributed by atoms with Gasteiger partial charge in [0.15, 0.2) is 0 Å². The number of hydrogen-bond donors (Lipinski definition) is 1. The van der Waals surface area contributed by atoms with E-state index in [0.717, 1.165) is 6.42 Å². The van der Waals surface area contributed by atoms with Gasteiger partial charge in [0.05, 0.1) is 0 Å². The molecule has 2 N–H and O–H groups in total. The lowest BCUT2D eigenvalue weighted by atomic mass is 9.81. The molecule has 0 heterocycles. The Morgan fingerprint density at radius 1 is 0.741 bits per heavy atom. The monoisotopic (exact) mass is 375 g/mol. The summed E-state index contributed by atoms with van der Waals surface area (Å²) in [6.07, 6.45) is 3.68. The summed E-state index contributed by atoms with van der Waals surface area (Å²) in [4.78, 5) is 0. The van der Waals surface area contributed by atoms with Crippen LogP contribution in [-0.4, -0.2) is 6.04 Å². The summed E-state index contributed by atoms with van der Waals surface area (Å²) in [7, 11) is 0. The quantitative estimate of drug-likeness (QED) is 0.571. The molecule has 1 rings (SSSR count). The Morgan fingerprint density at radius 3 is 1.44 bits per heavy atom. The van der Waals surface area contributed by atoms with Crippen molar-refractivity contribution >= 4 is 0 Å². The van der Waals surface area contributed by atoms with Crippen LogP contribution in [0.15, 0.2) is 24.3 Å². The molecule has 1 aromatic rings. The van der Waals surface area contributed by atoms with E-state index in [9.17, 15) is 0 Å². The lowest BCUT2D eigenvalue weighted by molar-refractivity contribution is 0.278. The summed E-state index contributed by atoms with van der Waals surface area (Å²) >= 11 is 0. The molecule has 1 aromatic carbocycles. The molecule has 0 spiro atoms. The molecule has 0 aliphatic carbocycles. The van der Waals surface area contributed by atoms with Crippen LogP contribution in [0.2, 0.25) is 0 Å². The highest BCUT2D eigenvalue weighted by molar-refractivity contribution is 5.32. The molecule has 0 saturated carbocycles. The summed E-state index contributed by atoms with van der Waals surface area (Å²) < 4.78 is 0. The van der Waals surface area contributed by atoms with Crippen molar-refractivity contribution < 1.29 is 0 Å². The van der Waals surface area contributed by atoms with Gasteiger partial charge >= 0.3 is 0 Å². The molecule has 0 aromatic heterocycles. The highest BCUT2D eigenvalue weighted by Crippen LogP contribution is 2.28. The molecule has 0 fully saturated rings. The van der Waals surface area contributed by atoms with E-state index < -0.39 is 0 Å². The maximum atomic E-state index is 6.08. The van der Waals surface area contributed by atoms with Crippen LogP contribution < -0.4 is 5.73 Å². The van der Waals surface area contributed by atoms with Gasteiger partial charge in [0.25, 0.3) is 0 Å². The van der Waals surface area contributed by atoms with Crippen LogP contribution >= 0.6 is 0 Å². The maximum Gasteiger partial charge on any atom is 0.00876 e. The van der Waals surface area contributed by atoms with Crippen molar-refractivity contribution in [2.75, 3.05) is 0 Å². The first-order valence-electron chi connectivity index (χ1n) is 10.7. The third kappa shape index (κ3) is 11.6. The van der Waals surface area contributed by atoms with Gasteiger partial charge < -0.3 is 5.73 Å². The molecule has 1 atom stereocenters. The average molecular weight is 376 g/mol. The van der Waals surface area contributed by atoms with Gasteiger partial charge in [0.2, 0.25) is 0 Å². The van der Waals surface area contributed by atoms with Crippen molar-refractivity contribution in [1.29, 1.82) is 0 Å². The Bertz CT molecular complexity index is 512. The van der Waals surface area contributed by atoms with Gasteiger partial charge in [0.1, 0.15) is 0 Å². The lowest BCUT2D eigenvalue weighted by Crippen LogP contribution is -2.34. The fraction of sp³-hybridized carbons (Fsp3) is 0.769. The minimum absolute atomic E-state index is 0.251. The normalized spacial score (nSPS) is 14.4. The van der Waals surface area contributed by atoms with E-state index in [1.165, 1.54) is 24.0 Å². The van der Waals surface area contributed by atoms with Gasteiger partial charge in [-0.1, -0.05) is 114 Å². The molecule has 158 valence electrons. The Kier molecular flexibility index (Phi) is 9.30. The summed E-state index contributed by atoms with van der Waals surface area (Å²) in [6, 6.07) is 9.28. The van der Waals surface area contributed by atoms with Crippen LogP contribution in [0.25, 0.3) is 0 Å². The van der Waals surface area contributed by atoms with Crippen LogP contribution in [0.3, 0.4) is 0 Å². The number of hydrogen-bond acceptors (Lipinski definition) is 1. The first kappa shape index (κ1) is 26.2. The molecule has 0 amide bonds. The van der Waals surface area contributed by atoms with E-state index in [4.69, 9.17) is 5.73 Å². The molecular weight excluding hydrogens is 326 g/mol. The van der Waals surface area contributed by atoms with Gasteiger partial charge in [0, 0.05) is 6.04 Å². The number of benzene rings is 1. The molecule has 0 bridgehead atoms. The molecule has 1 nitrogen and oxygen atoms in total. The van der Waals surface area contributed by atoms with Crippen molar-refractivity contribution in [3.8, 4) is 0 Å². The summed E-state index contributed by atoms with van der Waals surface area (Å²) in [5.41, 5.74) is 10.1. The van der Waals surface area contributed by atoms with Crippen LogP contribution in [0.1, 0.15) is 113 Å². The van der Waals surface area contributed by atoms with Crippen molar-refractivity contribution in [2.45, 2.75) is 119 Å². The Balaban J connectivity index is 0.000000503. The molecule has 0 aliphatic heterocycles. The molecule has 27 heavy (non-hydrogen) atoms. The van der Waals surface area contributed by atoms with Crippen LogP contribution in [-0.2, 0) is 10.8 Å². The summed E-state index contributed by atoms with van der Waals surface area (Å²) in [6.45, 7) is 27.1. The van der Waals surface area contributed by atoms with Crippen molar-refractivity contribution in [3.63, 3.8) is 0 Å². The first-order chi connectivity index (χ1) is 11.8. The third-order valence-corrected chi connectivity index (χ3v) is 5.15. The van der Waals surface area contributed by atoms with Gasteiger partial charge in [-0.2, -0.15) is 0 Å². The van der Waals surface area contributed by atoms with Crippen molar-refractivity contribution in [1.82, 2.24) is 0 Å². The smallest absolute Gasteiger partial charge is 0.00876 e. The zero-order valence-corrected chi connectivity index (χ0v) is 20.6. The molecule has 0 radical (unpaired) electrons. The standard InChI is InChI=1S/C14H22.C12H27N/c1-13(2,3)11-8-7-9-12(10-11)14(4,5)6;1-11(2,3)9-7-8-10(13)12(4,5)6/h7-10H,1-6H3;10H,7-9,13H2,1-6H3. The predicted molar refractivity (Wildman–Crippen MR) is 125 cm³/mol. The SMILES string of the molecule is CC(C)(C)CCCC(N)C(C)(C)C.CC(C)(C)c1cccc(C(C)(C)C)c1. The fourth-order valence-electron chi connectivity index (χ4n) is 2.74. The summed E-state index contributed by atoms with van der Waals surface area (Å²) in [5.74, 6) is 0. The van der Waals surface area contributed by atoms with Crippen LogP contribution in [0.4, 0.5) is 0 Å². The highest BCUT2D eigenvalue weighted by atomic mass is 14.7. The molecule has 0 saturated heterocycles. The van der Waals surface area contributed by atoms with Gasteiger partial charge in [-0.25, -0.2) is 0 Å². The van der Waals surface area contributed by atoms with Gasteiger partial charge in [-0.15, -0.1) is 0 Å². The maximum absolute atomic E-state index is 6.08. The van der Waals surface area contributed by atoms with Gasteiger partial charge in [-0.3, -0.25) is 0 Å². The molecular formula is C26H49N. The zero-order valence-electron chi connectivity index (χ0n) is 20.6. The van der Waals surface area contributed by atoms with E-state index >= 15 is 0 Å². The Hall–Kier alpha value is -0.820. The van der Waals surface area contributed by atoms with E-state index in [0.29, 0.717) is 11.5 Å². The molecule has 1 heteroatoms. The molecule has 1 unspecified atom stereocenters. The number of nitrogens with two attached hydrogens (primary N) is 1. The topological polar surface area (TPSA) is 26.0 Å². The minimum Gasteiger partial charge on any atom is -0.327 e. The van der Waals surface area contributed by atoms with E-state index in [2.05, 4.69) is 107 Å². The fourth-order valence-corrected chi connectivity index (χ4v) is 2.74. The minimum atomic E-state index is 0.251. The average Bonchev–Trinajstić information content (AvgIpc) is 2.44. The first-order valence-corrected chi connectivity index (χ1v) is 10.7. The Labute approximate surface area is 171 Å². The third-order valence-electron chi connectivity index (χ3n) is 5.15. The van der Waals surface area contributed by atoms with Crippen molar-refractivity contribution in [3.05, 3.63) is 35.4 Å². The largest absolute Gasteiger partial charge is 0.327 e. The predicted octanol–water partition coefficient (Wildman–Crippen LogP) is 7.86.